The van der Waals surface area contributed by atoms with Gasteiger partial charge in [-0.15, -0.1) is 0 Å². The zero-order valence-corrected chi connectivity index (χ0v) is 34.0. The number of benzene rings is 11. The van der Waals surface area contributed by atoms with Crippen LogP contribution in [0.25, 0.3) is 93.2 Å². The molecule has 2 nitrogen and oxygen atoms in total. The van der Waals surface area contributed by atoms with Crippen LogP contribution in [0.15, 0.2) is 243 Å². The van der Waals surface area contributed by atoms with Crippen LogP contribution in [-0.4, -0.2) is 4.57 Å². The van der Waals surface area contributed by atoms with Crippen molar-refractivity contribution >= 4 is 71.2 Å². The van der Waals surface area contributed by atoms with Crippen molar-refractivity contribution in [3.63, 3.8) is 0 Å². The second kappa shape index (κ2) is 14.8. The van der Waals surface area contributed by atoms with E-state index in [0.717, 1.165) is 33.9 Å². The zero-order valence-electron chi connectivity index (χ0n) is 34.0. The van der Waals surface area contributed by atoms with E-state index in [-0.39, 0.29) is 0 Å². The average molecular weight is 789 g/mol. The molecule has 2 heteroatoms. The largest absolute Gasteiger partial charge is 0.310 e. The fourth-order valence-corrected chi connectivity index (χ4v) is 9.78. The molecule has 1 aromatic heterocycles. The summed E-state index contributed by atoms with van der Waals surface area (Å²) in [5.74, 6) is 0. The highest BCUT2D eigenvalue weighted by molar-refractivity contribution is 6.22. The van der Waals surface area contributed by atoms with Gasteiger partial charge in [0, 0.05) is 33.4 Å². The SMILES string of the molecule is c1ccc(-c2c(-c3ccccc3)c3cc(N(c4ccc5ccccc5c4)c4ccccc4-c4ccc5c(c4)c4ccccc4n5-c4ccccc4)ccc3c3ccccc23)cc1. The van der Waals surface area contributed by atoms with Crippen molar-refractivity contribution in [3.8, 4) is 39.1 Å². The summed E-state index contributed by atoms with van der Waals surface area (Å²) in [5.41, 5.74) is 14.0. The van der Waals surface area contributed by atoms with Gasteiger partial charge in [0.15, 0.2) is 0 Å². The summed E-state index contributed by atoms with van der Waals surface area (Å²) in [6, 6.07) is 88.6. The summed E-state index contributed by atoms with van der Waals surface area (Å²) >= 11 is 0. The second-order valence-electron chi connectivity index (χ2n) is 16.1. The van der Waals surface area contributed by atoms with E-state index < -0.39 is 0 Å². The first-order valence-corrected chi connectivity index (χ1v) is 21.3. The topological polar surface area (TPSA) is 8.17 Å². The van der Waals surface area contributed by atoms with Crippen molar-refractivity contribution in [2.24, 2.45) is 0 Å². The van der Waals surface area contributed by atoms with E-state index in [0.29, 0.717) is 0 Å². The third-order valence-electron chi connectivity index (χ3n) is 12.5. The molecule has 0 aliphatic heterocycles. The Bertz CT molecular complexity index is 3620. The van der Waals surface area contributed by atoms with Crippen LogP contribution in [0.4, 0.5) is 17.1 Å². The molecule has 62 heavy (non-hydrogen) atoms. The van der Waals surface area contributed by atoms with Crippen LogP contribution >= 0.6 is 0 Å². The Morgan fingerprint density at radius 2 is 0.839 bits per heavy atom. The maximum atomic E-state index is 2.46. The van der Waals surface area contributed by atoms with E-state index in [1.807, 2.05) is 0 Å². The van der Waals surface area contributed by atoms with Gasteiger partial charge in [-0.1, -0.05) is 182 Å². The highest BCUT2D eigenvalue weighted by Crippen LogP contribution is 2.48. The lowest BCUT2D eigenvalue weighted by atomic mass is 9.85. The molecule has 1 heterocycles. The fraction of sp³-hybridized carbons (Fsp3) is 0. The molecule has 11 aromatic carbocycles. The summed E-state index contributed by atoms with van der Waals surface area (Å²) in [7, 11) is 0. The highest BCUT2D eigenvalue weighted by Gasteiger charge is 2.23. The lowest BCUT2D eigenvalue weighted by Gasteiger charge is -2.29. The first-order chi connectivity index (χ1) is 30.8. The summed E-state index contributed by atoms with van der Waals surface area (Å²) in [6.45, 7) is 0. The van der Waals surface area contributed by atoms with Crippen molar-refractivity contribution in [2.45, 2.75) is 0 Å². The number of rotatable bonds is 7. The van der Waals surface area contributed by atoms with E-state index in [2.05, 4.69) is 252 Å². The molecule has 0 atom stereocenters. The predicted octanol–water partition coefficient (Wildman–Crippen LogP) is 16.7. The molecule has 0 spiro atoms. The normalized spacial score (nSPS) is 11.5. The number of para-hydroxylation sites is 3. The van der Waals surface area contributed by atoms with Crippen LogP contribution in [0.2, 0.25) is 0 Å². The van der Waals surface area contributed by atoms with Gasteiger partial charge in [-0.25, -0.2) is 0 Å². The Morgan fingerprint density at radius 3 is 1.61 bits per heavy atom. The first-order valence-electron chi connectivity index (χ1n) is 21.3. The van der Waals surface area contributed by atoms with Crippen molar-refractivity contribution in [1.82, 2.24) is 4.57 Å². The minimum atomic E-state index is 1.09. The monoisotopic (exact) mass is 788 g/mol. The minimum Gasteiger partial charge on any atom is -0.310 e. The van der Waals surface area contributed by atoms with Gasteiger partial charge in [-0.3, -0.25) is 0 Å². The molecule has 0 fully saturated rings. The Labute approximate surface area is 360 Å². The van der Waals surface area contributed by atoms with Crippen molar-refractivity contribution in [3.05, 3.63) is 243 Å². The summed E-state index contributed by atoms with van der Waals surface area (Å²) < 4.78 is 2.38. The lowest BCUT2D eigenvalue weighted by Crippen LogP contribution is -2.11. The molecule has 0 saturated carbocycles. The number of nitrogens with zero attached hydrogens (tertiary/aromatic N) is 2. The molecule has 0 bridgehead atoms. The number of hydrogen-bond donors (Lipinski definition) is 0. The van der Waals surface area contributed by atoms with Crippen molar-refractivity contribution in [1.29, 1.82) is 0 Å². The Balaban J connectivity index is 1.13. The van der Waals surface area contributed by atoms with Gasteiger partial charge in [0.1, 0.15) is 0 Å². The summed E-state index contributed by atoms with van der Waals surface area (Å²) in [6.07, 6.45) is 0. The molecule has 0 aliphatic carbocycles. The first kappa shape index (κ1) is 35.7. The Morgan fingerprint density at radius 1 is 0.290 bits per heavy atom. The minimum absolute atomic E-state index is 1.09. The van der Waals surface area contributed by atoms with E-state index in [1.165, 1.54) is 76.4 Å². The van der Waals surface area contributed by atoms with Crippen LogP contribution in [0.1, 0.15) is 0 Å². The van der Waals surface area contributed by atoms with Crippen LogP contribution in [0, 0.1) is 0 Å². The van der Waals surface area contributed by atoms with E-state index in [4.69, 9.17) is 0 Å². The molecule has 0 aliphatic rings. The number of fused-ring (bicyclic) bond motifs is 7. The van der Waals surface area contributed by atoms with Gasteiger partial charge >= 0.3 is 0 Å². The smallest absolute Gasteiger partial charge is 0.0541 e. The van der Waals surface area contributed by atoms with Crippen LogP contribution in [0.3, 0.4) is 0 Å². The Kier molecular flexibility index (Phi) is 8.53. The number of aromatic nitrogens is 1. The second-order valence-corrected chi connectivity index (χ2v) is 16.1. The quantitative estimate of drug-likeness (QED) is 0.146. The predicted molar refractivity (Wildman–Crippen MR) is 264 cm³/mol. The number of anilines is 3. The Hall–Kier alpha value is -8.20. The third-order valence-corrected chi connectivity index (χ3v) is 12.5. The standard InChI is InChI=1S/C60H40N2/c1-4-19-42(20-5-1)59-53-29-13-12-27-50(53)51-36-35-48(40-55(51)60(59)43-21-6-2-7-22-43)61(47-34-32-41-18-10-11-23-44(41)38-47)56-30-16-14-26-49(56)45-33-37-58-54(39-45)52-28-15-17-31-57(52)62(58)46-24-8-3-9-25-46/h1-40H. The van der Waals surface area contributed by atoms with Crippen LogP contribution in [0.5, 0.6) is 0 Å². The van der Waals surface area contributed by atoms with Crippen molar-refractivity contribution < 1.29 is 0 Å². The van der Waals surface area contributed by atoms with Gasteiger partial charge in [0.2, 0.25) is 0 Å². The zero-order chi connectivity index (χ0) is 41.0. The highest BCUT2D eigenvalue weighted by atomic mass is 15.1. The molecular formula is C60H40N2. The van der Waals surface area contributed by atoms with Crippen LogP contribution < -0.4 is 4.90 Å². The molecule has 290 valence electrons. The maximum absolute atomic E-state index is 2.46. The maximum Gasteiger partial charge on any atom is 0.0541 e. The van der Waals surface area contributed by atoms with Gasteiger partial charge in [0.05, 0.1) is 16.7 Å². The summed E-state index contributed by atoms with van der Waals surface area (Å²) in [4.78, 5) is 2.46. The summed E-state index contributed by atoms with van der Waals surface area (Å²) in [5, 5.41) is 9.82. The molecular weight excluding hydrogens is 749 g/mol. The molecule has 0 N–H and O–H groups in total. The fourth-order valence-electron chi connectivity index (χ4n) is 9.78. The molecule has 12 rings (SSSR count). The third kappa shape index (κ3) is 5.88. The molecule has 0 amide bonds. The lowest BCUT2D eigenvalue weighted by molar-refractivity contribution is 1.18. The van der Waals surface area contributed by atoms with Gasteiger partial charge < -0.3 is 9.47 Å². The van der Waals surface area contributed by atoms with Crippen molar-refractivity contribution in [2.75, 3.05) is 4.90 Å². The van der Waals surface area contributed by atoms with Gasteiger partial charge in [-0.05, 0) is 121 Å². The van der Waals surface area contributed by atoms with E-state index in [1.54, 1.807) is 0 Å². The molecule has 0 unspecified atom stereocenters. The van der Waals surface area contributed by atoms with Crippen LogP contribution in [-0.2, 0) is 0 Å². The average Bonchev–Trinajstić information content (AvgIpc) is 3.68. The van der Waals surface area contributed by atoms with E-state index in [9.17, 15) is 0 Å². The number of hydrogen-bond acceptors (Lipinski definition) is 1. The molecule has 0 radical (unpaired) electrons. The van der Waals surface area contributed by atoms with Gasteiger partial charge in [-0.2, -0.15) is 0 Å². The van der Waals surface area contributed by atoms with E-state index >= 15 is 0 Å². The molecule has 12 aromatic rings. The molecule has 0 saturated heterocycles. The van der Waals surface area contributed by atoms with Gasteiger partial charge in [0.25, 0.3) is 0 Å².